The van der Waals surface area contributed by atoms with Crippen LogP contribution in [-0.4, -0.2) is 0 Å². The van der Waals surface area contributed by atoms with Crippen molar-refractivity contribution in [2.45, 2.75) is 0 Å². The SMILES string of the molecule is c1ccc(N(c2ccc(-c3ccc4ccccc4c3)cc2)c2ccc(-c3ccc4ccccc4c3)c3sc4ccccc4c23)cc1. The lowest BCUT2D eigenvalue weighted by atomic mass is 9.97. The van der Waals surface area contributed by atoms with Gasteiger partial charge in [-0.15, -0.1) is 11.3 Å². The van der Waals surface area contributed by atoms with E-state index in [0.29, 0.717) is 0 Å². The van der Waals surface area contributed by atoms with Gasteiger partial charge in [0.25, 0.3) is 0 Å². The molecule has 0 spiro atoms. The van der Waals surface area contributed by atoms with Crippen LogP contribution in [0.1, 0.15) is 0 Å². The van der Waals surface area contributed by atoms with Crippen LogP contribution in [0.5, 0.6) is 0 Å². The Morgan fingerprint density at radius 2 is 0.957 bits per heavy atom. The summed E-state index contributed by atoms with van der Waals surface area (Å²) >= 11 is 1.88. The summed E-state index contributed by atoms with van der Waals surface area (Å²) in [5.74, 6) is 0. The predicted octanol–water partition coefficient (Wildman–Crippen LogP) is 13.2. The van der Waals surface area contributed by atoms with Crippen LogP contribution < -0.4 is 4.90 Å². The maximum Gasteiger partial charge on any atom is 0.0555 e. The van der Waals surface area contributed by atoms with Crippen molar-refractivity contribution in [3.05, 3.63) is 176 Å². The molecule has 2 heteroatoms. The van der Waals surface area contributed by atoms with Gasteiger partial charge in [0, 0.05) is 31.5 Å². The number of para-hydroxylation sites is 1. The van der Waals surface area contributed by atoms with Crippen molar-refractivity contribution < 1.29 is 0 Å². The van der Waals surface area contributed by atoms with E-state index < -0.39 is 0 Å². The molecule has 0 atom stereocenters. The minimum atomic E-state index is 1.13. The fourth-order valence-corrected chi connectivity index (χ4v) is 8.02. The first kappa shape index (κ1) is 26.7. The number of rotatable bonds is 5. The maximum atomic E-state index is 2.41. The monoisotopic (exact) mass is 603 g/mol. The maximum absolute atomic E-state index is 2.41. The molecule has 46 heavy (non-hydrogen) atoms. The number of nitrogens with zero attached hydrogens (tertiary/aromatic N) is 1. The minimum absolute atomic E-state index is 1.13. The number of benzene rings is 8. The van der Waals surface area contributed by atoms with Crippen molar-refractivity contribution in [1.29, 1.82) is 0 Å². The largest absolute Gasteiger partial charge is 0.310 e. The molecule has 0 aliphatic rings. The Balaban J connectivity index is 1.23. The van der Waals surface area contributed by atoms with E-state index >= 15 is 0 Å². The Bertz CT molecular complexity index is 2530. The summed E-state index contributed by atoms with van der Waals surface area (Å²) in [5.41, 5.74) is 8.39. The number of hydrogen-bond donors (Lipinski definition) is 0. The Morgan fingerprint density at radius 3 is 1.70 bits per heavy atom. The van der Waals surface area contributed by atoms with E-state index in [0.717, 1.165) is 11.4 Å². The molecule has 0 saturated carbocycles. The van der Waals surface area contributed by atoms with Gasteiger partial charge in [0.1, 0.15) is 0 Å². The Kier molecular flexibility index (Phi) is 6.40. The van der Waals surface area contributed by atoms with Gasteiger partial charge < -0.3 is 4.90 Å². The molecule has 0 radical (unpaired) electrons. The van der Waals surface area contributed by atoms with Crippen LogP contribution in [0, 0.1) is 0 Å². The smallest absolute Gasteiger partial charge is 0.0555 e. The number of thiophene rings is 1. The van der Waals surface area contributed by atoms with Gasteiger partial charge in [-0.1, -0.05) is 127 Å². The lowest BCUT2D eigenvalue weighted by Crippen LogP contribution is -2.10. The van der Waals surface area contributed by atoms with Gasteiger partial charge in [-0.2, -0.15) is 0 Å². The first-order chi connectivity index (χ1) is 22.8. The van der Waals surface area contributed by atoms with Crippen LogP contribution in [0.25, 0.3) is 64.0 Å². The summed E-state index contributed by atoms with van der Waals surface area (Å²) in [7, 11) is 0. The summed E-state index contributed by atoms with van der Waals surface area (Å²) in [6.07, 6.45) is 0. The lowest BCUT2D eigenvalue weighted by Gasteiger charge is -2.27. The van der Waals surface area contributed by atoms with Crippen LogP contribution in [0.2, 0.25) is 0 Å². The highest BCUT2D eigenvalue weighted by atomic mass is 32.1. The molecule has 8 aromatic carbocycles. The lowest BCUT2D eigenvalue weighted by molar-refractivity contribution is 1.30. The van der Waals surface area contributed by atoms with Gasteiger partial charge >= 0.3 is 0 Å². The highest BCUT2D eigenvalue weighted by molar-refractivity contribution is 7.26. The van der Waals surface area contributed by atoms with Crippen LogP contribution in [-0.2, 0) is 0 Å². The normalized spacial score (nSPS) is 11.5. The van der Waals surface area contributed by atoms with Gasteiger partial charge in [0.05, 0.1) is 5.69 Å². The summed E-state index contributed by atoms with van der Waals surface area (Å²) in [4.78, 5) is 2.41. The molecule has 216 valence electrons. The standard InChI is InChI=1S/C44H29NS/c1-2-14-37(15-3-1)45(38-24-22-32(23-25-38)35-20-18-30-10-4-6-12-33(30)28-35)41-27-26-39(36-21-19-31-11-5-7-13-34(31)29-36)44-43(41)40-16-8-9-17-42(40)46-44/h1-29H. The molecule has 1 heterocycles. The van der Waals surface area contributed by atoms with E-state index in [2.05, 4.69) is 181 Å². The summed E-state index contributed by atoms with van der Waals surface area (Å²) in [6, 6.07) is 63.9. The highest BCUT2D eigenvalue weighted by Gasteiger charge is 2.21. The second kappa shape index (κ2) is 11.0. The molecule has 1 aromatic heterocycles. The van der Waals surface area contributed by atoms with Gasteiger partial charge in [0.15, 0.2) is 0 Å². The number of fused-ring (bicyclic) bond motifs is 5. The zero-order valence-electron chi connectivity index (χ0n) is 25.1. The molecule has 9 aromatic rings. The van der Waals surface area contributed by atoms with Crippen molar-refractivity contribution >= 4 is 70.1 Å². The van der Waals surface area contributed by atoms with E-state index in [1.54, 1.807) is 0 Å². The predicted molar refractivity (Wildman–Crippen MR) is 200 cm³/mol. The molecular weight excluding hydrogens is 575 g/mol. The third-order valence-corrected chi connectivity index (χ3v) is 10.2. The average molecular weight is 604 g/mol. The quantitative estimate of drug-likeness (QED) is 0.189. The van der Waals surface area contributed by atoms with E-state index in [1.165, 1.54) is 69.7 Å². The second-order valence-corrected chi connectivity index (χ2v) is 12.8. The second-order valence-electron chi connectivity index (χ2n) is 11.8. The number of anilines is 3. The molecule has 0 unspecified atom stereocenters. The summed E-state index contributed by atoms with van der Waals surface area (Å²) in [6.45, 7) is 0. The van der Waals surface area contributed by atoms with E-state index in [-0.39, 0.29) is 0 Å². The fraction of sp³-hybridized carbons (Fsp3) is 0. The van der Waals surface area contributed by atoms with Crippen molar-refractivity contribution in [3.8, 4) is 22.3 Å². The fourth-order valence-electron chi connectivity index (χ4n) is 6.76. The van der Waals surface area contributed by atoms with E-state index in [1.807, 2.05) is 11.3 Å². The van der Waals surface area contributed by atoms with Crippen molar-refractivity contribution in [1.82, 2.24) is 0 Å². The van der Waals surface area contributed by atoms with E-state index in [4.69, 9.17) is 0 Å². The summed E-state index contributed by atoms with van der Waals surface area (Å²) in [5, 5.41) is 7.61. The molecule has 0 saturated heterocycles. The Morgan fingerprint density at radius 1 is 0.391 bits per heavy atom. The van der Waals surface area contributed by atoms with Crippen LogP contribution >= 0.6 is 11.3 Å². The first-order valence-corrected chi connectivity index (χ1v) is 16.5. The van der Waals surface area contributed by atoms with Crippen LogP contribution in [0.4, 0.5) is 17.1 Å². The molecule has 0 aliphatic heterocycles. The zero-order chi connectivity index (χ0) is 30.5. The Hall–Kier alpha value is -5.70. The molecule has 0 bridgehead atoms. The van der Waals surface area contributed by atoms with Crippen molar-refractivity contribution in [2.75, 3.05) is 4.90 Å². The molecule has 0 amide bonds. The van der Waals surface area contributed by atoms with E-state index in [9.17, 15) is 0 Å². The average Bonchev–Trinajstić information content (AvgIpc) is 3.52. The Labute approximate surface area is 272 Å². The van der Waals surface area contributed by atoms with Crippen LogP contribution in [0.15, 0.2) is 176 Å². The molecule has 0 fully saturated rings. The van der Waals surface area contributed by atoms with Crippen molar-refractivity contribution in [3.63, 3.8) is 0 Å². The van der Waals surface area contributed by atoms with Gasteiger partial charge in [-0.25, -0.2) is 0 Å². The first-order valence-electron chi connectivity index (χ1n) is 15.7. The van der Waals surface area contributed by atoms with Crippen molar-refractivity contribution in [2.24, 2.45) is 0 Å². The number of hydrogen-bond acceptors (Lipinski definition) is 2. The molecule has 1 nitrogen and oxygen atoms in total. The highest BCUT2D eigenvalue weighted by Crippen LogP contribution is 2.48. The van der Waals surface area contributed by atoms with Crippen LogP contribution in [0.3, 0.4) is 0 Å². The zero-order valence-corrected chi connectivity index (χ0v) is 25.9. The molecule has 0 aliphatic carbocycles. The van der Waals surface area contributed by atoms with Gasteiger partial charge in [0.2, 0.25) is 0 Å². The molecule has 9 rings (SSSR count). The molecular formula is C44H29NS. The molecule has 0 N–H and O–H groups in total. The summed E-state index contributed by atoms with van der Waals surface area (Å²) < 4.78 is 2.61. The third kappa shape index (κ3) is 4.54. The topological polar surface area (TPSA) is 3.24 Å². The van der Waals surface area contributed by atoms with Gasteiger partial charge in [-0.3, -0.25) is 0 Å². The van der Waals surface area contributed by atoms with Gasteiger partial charge in [-0.05, 0) is 92.3 Å². The minimum Gasteiger partial charge on any atom is -0.310 e. The third-order valence-electron chi connectivity index (χ3n) is 9.03.